The second-order valence-corrected chi connectivity index (χ2v) is 8.50. The lowest BCUT2D eigenvalue weighted by molar-refractivity contribution is -0.117. The number of Topliss-reactive ketones (excluding diaryl/α,β-unsaturated/α-hetero) is 1. The van der Waals surface area contributed by atoms with Gasteiger partial charge in [0.25, 0.3) is 5.91 Å². The maximum atomic E-state index is 13.4. The number of hydrogen-bond donors (Lipinski definition) is 3. The van der Waals surface area contributed by atoms with Gasteiger partial charge >= 0.3 is 0 Å². The normalized spacial score (nSPS) is 11.5. The SMILES string of the molecule is Cc1ccc(C(C(=O)Nc2cccc(NNC(=O)/C=C/c3ccccc3)c2)C(=O)c2ccccc2)cc1. The first-order valence-electron chi connectivity index (χ1n) is 11.9. The van der Waals surface area contributed by atoms with Crippen molar-refractivity contribution < 1.29 is 14.4 Å². The van der Waals surface area contributed by atoms with Crippen LogP contribution in [0.1, 0.15) is 33.0 Å². The van der Waals surface area contributed by atoms with E-state index in [1.165, 1.54) is 6.08 Å². The summed E-state index contributed by atoms with van der Waals surface area (Å²) in [5.41, 5.74) is 9.53. The number of hydrogen-bond acceptors (Lipinski definition) is 4. The van der Waals surface area contributed by atoms with Crippen molar-refractivity contribution in [3.05, 3.63) is 138 Å². The summed E-state index contributed by atoms with van der Waals surface area (Å²) in [5.74, 6) is -2.06. The second kappa shape index (κ2) is 12.1. The minimum atomic E-state index is -1.01. The Hall–Kier alpha value is -4.97. The molecule has 4 rings (SSSR count). The molecule has 0 aliphatic rings. The third-order valence-corrected chi connectivity index (χ3v) is 5.68. The molecule has 2 amide bonds. The Labute approximate surface area is 216 Å². The van der Waals surface area contributed by atoms with E-state index in [1.807, 2.05) is 55.5 Å². The van der Waals surface area contributed by atoms with Crippen molar-refractivity contribution in [2.24, 2.45) is 0 Å². The molecule has 0 radical (unpaired) electrons. The Balaban J connectivity index is 1.45. The van der Waals surface area contributed by atoms with Crippen LogP contribution < -0.4 is 16.2 Å². The quantitative estimate of drug-likeness (QED) is 0.121. The number of ketones is 1. The molecule has 0 saturated carbocycles. The predicted molar refractivity (Wildman–Crippen MR) is 147 cm³/mol. The fourth-order valence-corrected chi connectivity index (χ4v) is 3.75. The fourth-order valence-electron chi connectivity index (χ4n) is 3.75. The van der Waals surface area contributed by atoms with Crippen molar-refractivity contribution in [3.8, 4) is 0 Å². The van der Waals surface area contributed by atoms with E-state index >= 15 is 0 Å². The fraction of sp³-hybridized carbons (Fsp3) is 0.0645. The summed E-state index contributed by atoms with van der Waals surface area (Å²) in [5, 5.41) is 2.85. The minimum Gasteiger partial charge on any atom is -0.325 e. The van der Waals surface area contributed by atoms with Crippen LogP contribution in [0.2, 0.25) is 0 Å². The van der Waals surface area contributed by atoms with Crippen LogP contribution in [-0.2, 0) is 9.59 Å². The Kier molecular flexibility index (Phi) is 8.24. The highest BCUT2D eigenvalue weighted by Crippen LogP contribution is 2.25. The molecule has 184 valence electrons. The molecule has 0 saturated heterocycles. The molecule has 0 heterocycles. The summed E-state index contributed by atoms with van der Waals surface area (Å²) in [6, 6.07) is 32.5. The monoisotopic (exact) mass is 489 g/mol. The highest BCUT2D eigenvalue weighted by molar-refractivity contribution is 6.17. The lowest BCUT2D eigenvalue weighted by Gasteiger charge is -2.17. The Bertz CT molecular complexity index is 1400. The van der Waals surface area contributed by atoms with Crippen molar-refractivity contribution in [2.45, 2.75) is 12.8 Å². The van der Waals surface area contributed by atoms with E-state index in [0.29, 0.717) is 22.5 Å². The number of amides is 2. The van der Waals surface area contributed by atoms with Gasteiger partial charge in [-0.3, -0.25) is 25.2 Å². The molecule has 6 nitrogen and oxygen atoms in total. The van der Waals surface area contributed by atoms with Crippen molar-refractivity contribution in [3.63, 3.8) is 0 Å². The Morgan fingerprint density at radius 1 is 0.730 bits per heavy atom. The lowest BCUT2D eigenvalue weighted by atomic mass is 9.89. The molecule has 37 heavy (non-hydrogen) atoms. The predicted octanol–water partition coefficient (Wildman–Crippen LogP) is 5.76. The Morgan fingerprint density at radius 2 is 1.38 bits per heavy atom. The van der Waals surface area contributed by atoms with Gasteiger partial charge in [-0.15, -0.1) is 0 Å². The first-order valence-corrected chi connectivity index (χ1v) is 11.9. The van der Waals surface area contributed by atoms with Crippen LogP contribution in [0.4, 0.5) is 11.4 Å². The van der Waals surface area contributed by atoms with Gasteiger partial charge < -0.3 is 5.32 Å². The molecular weight excluding hydrogens is 462 g/mol. The van der Waals surface area contributed by atoms with Crippen molar-refractivity contribution in [1.29, 1.82) is 0 Å². The molecule has 6 heteroatoms. The molecule has 4 aromatic rings. The molecule has 3 N–H and O–H groups in total. The first-order chi connectivity index (χ1) is 18.0. The van der Waals surface area contributed by atoms with Crippen molar-refractivity contribution in [1.82, 2.24) is 5.43 Å². The molecule has 0 aromatic heterocycles. The number of aryl methyl sites for hydroxylation is 1. The maximum absolute atomic E-state index is 13.4. The van der Waals surface area contributed by atoms with Crippen LogP contribution >= 0.6 is 0 Å². The second-order valence-electron chi connectivity index (χ2n) is 8.50. The van der Waals surface area contributed by atoms with E-state index in [0.717, 1.165) is 11.1 Å². The van der Waals surface area contributed by atoms with E-state index in [9.17, 15) is 14.4 Å². The van der Waals surface area contributed by atoms with Gasteiger partial charge in [0.2, 0.25) is 5.91 Å². The topological polar surface area (TPSA) is 87.3 Å². The van der Waals surface area contributed by atoms with E-state index in [-0.39, 0.29) is 11.7 Å². The van der Waals surface area contributed by atoms with E-state index in [1.54, 1.807) is 66.7 Å². The molecule has 0 aliphatic heterocycles. The van der Waals surface area contributed by atoms with Gasteiger partial charge in [0.15, 0.2) is 5.78 Å². The zero-order valence-corrected chi connectivity index (χ0v) is 20.3. The number of carbonyl (C=O) groups excluding carboxylic acids is 3. The maximum Gasteiger partial charge on any atom is 0.262 e. The minimum absolute atomic E-state index is 0.284. The highest BCUT2D eigenvalue weighted by atomic mass is 16.2. The molecular formula is C31H27N3O3. The van der Waals surface area contributed by atoms with Crippen LogP contribution in [0.15, 0.2) is 115 Å². The Morgan fingerprint density at radius 3 is 2.08 bits per heavy atom. The summed E-state index contributed by atoms with van der Waals surface area (Å²) in [6.07, 6.45) is 3.14. The standard InChI is InChI=1S/C31H27N3O3/c1-22-15-18-24(19-16-22)29(30(36)25-11-6-3-7-12-25)31(37)32-26-13-8-14-27(21-26)33-34-28(35)20-17-23-9-4-2-5-10-23/h2-21,29,33H,1H3,(H,32,37)(H,34,35)/b20-17+. The van der Waals surface area contributed by atoms with Crippen LogP contribution in [0.25, 0.3) is 6.08 Å². The van der Waals surface area contributed by atoms with Crippen LogP contribution in [0.5, 0.6) is 0 Å². The highest BCUT2D eigenvalue weighted by Gasteiger charge is 2.29. The van der Waals surface area contributed by atoms with E-state index in [2.05, 4.69) is 16.2 Å². The van der Waals surface area contributed by atoms with Crippen LogP contribution in [-0.4, -0.2) is 17.6 Å². The van der Waals surface area contributed by atoms with Crippen molar-refractivity contribution >= 4 is 35.0 Å². The van der Waals surface area contributed by atoms with E-state index in [4.69, 9.17) is 0 Å². The molecule has 1 atom stereocenters. The summed E-state index contributed by atoms with van der Waals surface area (Å²) < 4.78 is 0. The van der Waals surface area contributed by atoms with Crippen LogP contribution in [0.3, 0.4) is 0 Å². The first kappa shape index (κ1) is 25.1. The third-order valence-electron chi connectivity index (χ3n) is 5.68. The summed E-state index contributed by atoms with van der Waals surface area (Å²) in [7, 11) is 0. The largest absolute Gasteiger partial charge is 0.325 e. The third kappa shape index (κ3) is 7.02. The lowest BCUT2D eigenvalue weighted by Crippen LogP contribution is -2.29. The summed E-state index contributed by atoms with van der Waals surface area (Å²) >= 11 is 0. The zero-order valence-electron chi connectivity index (χ0n) is 20.3. The van der Waals surface area contributed by atoms with Gasteiger partial charge in [-0.1, -0.05) is 96.6 Å². The van der Waals surface area contributed by atoms with Gasteiger partial charge in [0.05, 0.1) is 5.69 Å². The van der Waals surface area contributed by atoms with Crippen LogP contribution in [0, 0.1) is 6.92 Å². The molecule has 0 spiro atoms. The molecule has 4 aromatic carbocycles. The van der Waals surface area contributed by atoms with Gasteiger partial charge in [0.1, 0.15) is 5.92 Å². The number of hydrazine groups is 1. The number of carbonyl (C=O) groups is 3. The number of benzene rings is 4. The smallest absolute Gasteiger partial charge is 0.262 e. The molecule has 0 bridgehead atoms. The van der Waals surface area contributed by atoms with Gasteiger partial charge in [-0.05, 0) is 42.3 Å². The number of nitrogens with one attached hydrogen (secondary N) is 3. The van der Waals surface area contributed by atoms with Gasteiger partial charge in [0, 0.05) is 17.3 Å². The summed E-state index contributed by atoms with van der Waals surface area (Å²) in [6.45, 7) is 1.95. The van der Waals surface area contributed by atoms with Gasteiger partial charge in [-0.25, -0.2) is 0 Å². The van der Waals surface area contributed by atoms with Gasteiger partial charge in [-0.2, -0.15) is 0 Å². The van der Waals surface area contributed by atoms with E-state index < -0.39 is 11.8 Å². The average molecular weight is 490 g/mol. The number of anilines is 2. The number of rotatable bonds is 9. The van der Waals surface area contributed by atoms with Crippen molar-refractivity contribution in [2.75, 3.05) is 10.7 Å². The molecule has 0 fully saturated rings. The summed E-state index contributed by atoms with van der Waals surface area (Å²) in [4.78, 5) is 38.9. The zero-order chi connectivity index (χ0) is 26.0. The average Bonchev–Trinajstić information content (AvgIpc) is 2.93. The molecule has 1 unspecified atom stereocenters. The molecule has 0 aliphatic carbocycles.